The summed E-state index contributed by atoms with van der Waals surface area (Å²) in [5, 5.41) is 0. The van der Waals surface area contributed by atoms with Crippen LogP contribution < -0.4 is 5.73 Å². The van der Waals surface area contributed by atoms with E-state index < -0.39 is 0 Å². The minimum Gasteiger partial charge on any atom is -0.399 e. The normalized spacial score (nSPS) is 10.0. The Balaban J connectivity index is 2.16. The zero-order chi connectivity index (χ0) is 9.80. The molecule has 0 spiro atoms. The molecule has 70 valence electrons. The molecular formula is C12H12N2. The molecule has 0 bridgehead atoms. The molecule has 0 aliphatic heterocycles. The Morgan fingerprint density at radius 3 is 2.43 bits per heavy atom. The molecule has 0 radical (unpaired) electrons. The van der Waals surface area contributed by atoms with Crippen molar-refractivity contribution in [1.29, 1.82) is 0 Å². The van der Waals surface area contributed by atoms with Crippen LogP contribution in [0.4, 0.5) is 5.69 Å². The van der Waals surface area contributed by atoms with E-state index in [9.17, 15) is 0 Å². The van der Waals surface area contributed by atoms with E-state index >= 15 is 0 Å². The van der Waals surface area contributed by atoms with Crippen LogP contribution >= 0.6 is 0 Å². The summed E-state index contributed by atoms with van der Waals surface area (Å²) in [5.41, 5.74) is 8.89. The maximum Gasteiger partial charge on any atom is 0.0314 e. The van der Waals surface area contributed by atoms with Crippen molar-refractivity contribution in [2.24, 2.45) is 0 Å². The predicted molar refractivity (Wildman–Crippen MR) is 57.9 cm³/mol. The molecule has 0 fully saturated rings. The van der Waals surface area contributed by atoms with Crippen LogP contribution in [0, 0.1) is 0 Å². The van der Waals surface area contributed by atoms with Gasteiger partial charge in [-0.05, 0) is 35.7 Å². The number of rotatable bonds is 2. The highest BCUT2D eigenvalue weighted by Gasteiger charge is 1.95. The van der Waals surface area contributed by atoms with Crippen molar-refractivity contribution in [2.75, 3.05) is 5.73 Å². The number of nitrogens with zero attached hydrogens (tertiary/aromatic N) is 1. The Labute approximate surface area is 83.4 Å². The zero-order valence-electron chi connectivity index (χ0n) is 7.85. The molecule has 2 N–H and O–H groups in total. The second-order valence-electron chi connectivity index (χ2n) is 3.28. The SMILES string of the molecule is Nc1ccc(Cc2cccnc2)cc1. The van der Waals surface area contributed by atoms with Crippen molar-refractivity contribution in [3.05, 3.63) is 59.9 Å². The van der Waals surface area contributed by atoms with E-state index in [-0.39, 0.29) is 0 Å². The monoisotopic (exact) mass is 184 g/mol. The van der Waals surface area contributed by atoms with Gasteiger partial charge in [0.25, 0.3) is 0 Å². The van der Waals surface area contributed by atoms with Gasteiger partial charge in [0.1, 0.15) is 0 Å². The van der Waals surface area contributed by atoms with E-state index in [1.165, 1.54) is 11.1 Å². The maximum absolute atomic E-state index is 5.61. The molecule has 0 amide bonds. The first-order chi connectivity index (χ1) is 6.84. The fourth-order valence-corrected chi connectivity index (χ4v) is 1.37. The molecule has 0 saturated carbocycles. The molecule has 14 heavy (non-hydrogen) atoms. The molecule has 0 unspecified atom stereocenters. The van der Waals surface area contributed by atoms with E-state index in [2.05, 4.69) is 11.1 Å². The lowest BCUT2D eigenvalue weighted by Crippen LogP contribution is -1.90. The van der Waals surface area contributed by atoms with Gasteiger partial charge >= 0.3 is 0 Å². The predicted octanol–water partition coefficient (Wildman–Crippen LogP) is 2.25. The average Bonchev–Trinajstić information content (AvgIpc) is 2.23. The fourth-order valence-electron chi connectivity index (χ4n) is 1.37. The molecular weight excluding hydrogens is 172 g/mol. The highest BCUT2D eigenvalue weighted by atomic mass is 14.6. The Morgan fingerprint density at radius 2 is 1.79 bits per heavy atom. The second-order valence-corrected chi connectivity index (χ2v) is 3.28. The van der Waals surface area contributed by atoms with Gasteiger partial charge < -0.3 is 5.73 Å². The van der Waals surface area contributed by atoms with Crippen molar-refractivity contribution < 1.29 is 0 Å². The molecule has 2 rings (SSSR count). The lowest BCUT2D eigenvalue weighted by atomic mass is 10.1. The number of hydrogen-bond acceptors (Lipinski definition) is 2. The highest BCUT2D eigenvalue weighted by molar-refractivity contribution is 5.40. The molecule has 2 heteroatoms. The first-order valence-corrected chi connectivity index (χ1v) is 4.58. The van der Waals surface area contributed by atoms with Crippen molar-refractivity contribution in [3.63, 3.8) is 0 Å². The average molecular weight is 184 g/mol. The summed E-state index contributed by atoms with van der Waals surface area (Å²) in [6, 6.07) is 12.0. The summed E-state index contributed by atoms with van der Waals surface area (Å²) in [7, 11) is 0. The van der Waals surface area contributed by atoms with Crippen LogP contribution in [0.15, 0.2) is 48.8 Å². The molecule has 0 saturated heterocycles. The second kappa shape index (κ2) is 3.92. The maximum atomic E-state index is 5.61. The fraction of sp³-hybridized carbons (Fsp3) is 0.0833. The minimum atomic E-state index is 0.805. The van der Waals surface area contributed by atoms with E-state index in [1.807, 2.05) is 36.5 Å². The number of benzene rings is 1. The molecule has 1 aromatic carbocycles. The molecule has 1 aromatic heterocycles. The van der Waals surface area contributed by atoms with Gasteiger partial charge in [0, 0.05) is 18.1 Å². The van der Waals surface area contributed by atoms with E-state index in [0.717, 1.165) is 12.1 Å². The van der Waals surface area contributed by atoms with Crippen LogP contribution in [-0.2, 0) is 6.42 Å². The van der Waals surface area contributed by atoms with Crippen molar-refractivity contribution in [1.82, 2.24) is 4.98 Å². The molecule has 2 aromatic rings. The Bertz CT molecular complexity index is 392. The van der Waals surface area contributed by atoms with Gasteiger partial charge in [-0.1, -0.05) is 18.2 Å². The number of nitrogen functional groups attached to an aromatic ring is 1. The summed E-state index contributed by atoms with van der Waals surface area (Å²) < 4.78 is 0. The molecule has 0 atom stereocenters. The van der Waals surface area contributed by atoms with Gasteiger partial charge in [0.2, 0.25) is 0 Å². The quantitative estimate of drug-likeness (QED) is 0.727. The van der Waals surface area contributed by atoms with Gasteiger partial charge in [-0.3, -0.25) is 4.98 Å². The highest BCUT2D eigenvalue weighted by Crippen LogP contribution is 2.10. The Kier molecular flexibility index (Phi) is 2.45. The van der Waals surface area contributed by atoms with Crippen LogP contribution in [0.1, 0.15) is 11.1 Å². The summed E-state index contributed by atoms with van der Waals surface area (Å²) in [6.07, 6.45) is 4.58. The van der Waals surface area contributed by atoms with E-state index in [4.69, 9.17) is 5.73 Å². The van der Waals surface area contributed by atoms with E-state index in [0.29, 0.717) is 0 Å². The standard InChI is InChI=1S/C12H12N2/c13-12-5-3-10(4-6-12)8-11-2-1-7-14-9-11/h1-7,9H,8,13H2. The van der Waals surface area contributed by atoms with E-state index in [1.54, 1.807) is 6.20 Å². The molecule has 2 nitrogen and oxygen atoms in total. The van der Waals surface area contributed by atoms with Crippen molar-refractivity contribution in [2.45, 2.75) is 6.42 Å². The minimum absolute atomic E-state index is 0.805. The zero-order valence-corrected chi connectivity index (χ0v) is 7.85. The summed E-state index contributed by atoms with van der Waals surface area (Å²) >= 11 is 0. The van der Waals surface area contributed by atoms with Gasteiger partial charge in [-0.15, -0.1) is 0 Å². The number of pyridine rings is 1. The van der Waals surface area contributed by atoms with Gasteiger partial charge in [0.05, 0.1) is 0 Å². The Morgan fingerprint density at radius 1 is 1.00 bits per heavy atom. The van der Waals surface area contributed by atoms with Crippen LogP contribution in [0.2, 0.25) is 0 Å². The topological polar surface area (TPSA) is 38.9 Å². The van der Waals surface area contributed by atoms with Gasteiger partial charge in [-0.2, -0.15) is 0 Å². The summed E-state index contributed by atoms with van der Waals surface area (Å²) in [5.74, 6) is 0. The van der Waals surface area contributed by atoms with Gasteiger partial charge in [-0.25, -0.2) is 0 Å². The first-order valence-electron chi connectivity index (χ1n) is 4.58. The third-order valence-electron chi connectivity index (χ3n) is 2.11. The number of anilines is 1. The van der Waals surface area contributed by atoms with Gasteiger partial charge in [0.15, 0.2) is 0 Å². The van der Waals surface area contributed by atoms with Crippen molar-refractivity contribution in [3.8, 4) is 0 Å². The lowest BCUT2D eigenvalue weighted by Gasteiger charge is -2.01. The van der Waals surface area contributed by atoms with Crippen molar-refractivity contribution >= 4 is 5.69 Å². The number of aromatic nitrogens is 1. The third kappa shape index (κ3) is 2.10. The number of hydrogen-bond donors (Lipinski definition) is 1. The number of nitrogens with two attached hydrogens (primary N) is 1. The lowest BCUT2D eigenvalue weighted by molar-refractivity contribution is 1.15. The van der Waals surface area contributed by atoms with Crippen LogP contribution in [-0.4, -0.2) is 4.98 Å². The summed E-state index contributed by atoms with van der Waals surface area (Å²) in [6.45, 7) is 0. The first kappa shape index (κ1) is 8.75. The molecule has 1 heterocycles. The largest absolute Gasteiger partial charge is 0.399 e. The van der Waals surface area contributed by atoms with Crippen LogP contribution in [0.25, 0.3) is 0 Å². The van der Waals surface area contributed by atoms with Crippen LogP contribution in [0.5, 0.6) is 0 Å². The molecule has 0 aliphatic rings. The Hall–Kier alpha value is -1.83. The smallest absolute Gasteiger partial charge is 0.0314 e. The third-order valence-corrected chi connectivity index (χ3v) is 2.11. The summed E-state index contributed by atoms with van der Waals surface area (Å²) in [4.78, 5) is 4.07. The molecule has 0 aliphatic carbocycles. The van der Waals surface area contributed by atoms with Crippen LogP contribution in [0.3, 0.4) is 0 Å².